The first-order valence-corrected chi connectivity index (χ1v) is 8.22. The Labute approximate surface area is 147 Å². The van der Waals surface area contributed by atoms with Crippen molar-refractivity contribution in [1.29, 1.82) is 0 Å². The minimum atomic E-state index is -3.59. The molecule has 0 N–H and O–H groups in total. The van der Waals surface area contributed by atoms with Crippen LogP contribution in [0.5, 0.6) is 0 Å². The largest absolute Gasteiger partial charge is 0.572 e. The zero-order valence-corrected chi connectivity index (χ0v) is 16.0. The predicted octanol–water partition coefficient (Wildman–Crippen LogP) is 3.81. The maximum atomic E-state index is 12.0. The average molecular weight is 373 g/mol. The molecule has 1 aliphatic heterocycles. The molecule has 2 heterocycles. The van der Waals surface area contributed by atoms with Gasteiger partial charge in [0.05, 0.1) is 16.1 Å². The zero-order valence-electron chi connectivity index (χ0n) is 12.2. The van der Waals surface area contributed by atoms with Crippen molar-refractivity contribution in [2.24, 2.45) is 0 Å². The number of sulfonamides is 1. The molecule has 0 unspecified atom stereocenters. The van der Waals surface area contributed by atoms with Crippen LogP contribution in [0.3, 0.4) is 0 Å². The quantitative estimate of drug-likeness (QED) is 0.610. The molecule has 1 aromatic heterocycles. The Morgan fingerprint density at radius 2 is 1.65 bits per heavy atom. The van der Waals surface area contributed by atoms with Gasteiger partial charge >= 0.3 is 0 Å². The van der Waals surface area contributed by atoms with E-state index in [1.54, 1.807) is 30.3 Å². The molecule has 2 aromatic carbocycles. The Balaban J connectivity index is 0.00000156. The molecule has 0 saturated heterocycles. The zero-order chi connectivity index (χ0) is 15.2. The van der Waals surface area contributed by atoms with Gasteiger partial charge < -0.3 is 4.72 Å². The molecule has 6 heteroatoms. The Hall–Kier alpha value is -2.04. The van der Waals surface area contributed by atoms with Crippen LogP contribution < -0.4 is 0 Å². The minimum Gasteiger partial charge on any atom is -0.572 e. The summed E-state index contributed by atoms with van der Waals surface area (Å²) in [7, 11) is -3.59. The molecule has 1 aliphatic rings. The molecule has 4 nitrogen and oxygen atoms in total. The van der Waals surface area contributed by atoms with Crippen LogP contribution in [0.15, 0.2) is 65.6 Å². The maximum absolute atomic E-state index is 12.0. The molecule has 0 saturated carbocycles. The summed E-state index contributed by atoms with van der Waals surface area (Å²) in [4.78, 5) is 4.78. The predicted molar refractivity (Wildman–Crippen MR) is 86.6 cm³/mol. The third kappa shape index (κ3) is 2.80. The van der Waals surface area contributed by atoms with Crippen LogP contribution >= 0.6 is 0 Å². The summed E-state index contributed by atoms with van der Waals surface area (Å²) >= 11 is 0. The summed E-state index contributed by atoms with van der Waals surface area (Å²) in [6.45, 7) is 0. The number of hydrogen-bond donors (Lipinski definition) is 0. The summed E-state index contributed by atoms with van der Waals surface area (Å²) in [5, 5.41) is 1.04. The first-order chi connectivity index (χ1) is 10.6. The van der Waals surface area contributed by atoms with Gasteiger partial charge in [-0.15, -0.1) is 5.70 Å². The Bertz CT molecular complexity index is 1030. The van der Waals surface area contributed by atoms with Crippen molar-refractivity contribution in [3.05, 3.63) is 76.6 Å². The molecule has 0 spiro atoms. The fraction of sp³-hybridized carbons (Fsp3) is 0. The van der Waals surface area contributed by atoms with E-state index in [2.05, 4.69) is 9.71 Å². The van der Waals surface area contributed by atoms with Crippen molar-refractivity contribution in [2.75, 3.05) is 0 Å². The number of benzene rings is 2. The molecule has 4 rings (SSSR count). The van der Waals surface area contributed by atoms with E-state index in [1.165, 1.54) is 0 Å². The Kier molecular flexibility index (Phi) is 4.05. The fourth-order valence-corrected chi connectivity index (χ4v) is 3.75. The van der Waals surface area contributed by atoms with E-state index in [0.717, 1.165) is 10.9 Å². The van der Waals surface area contributed by atoms with Crippen LogP contribution in [0.1, 0.15) is 11.3 Å². The molecule has 3 aromatic rings. The number of fused-ring (bicyclic) bond motifs is 2. The van der Waals surface area contributed by atoms with E-state index in [9.17, 15) is 8.42 Å². The average Bonchev–Trinajstić information content (AvgIpc) is 2.79. The van der Waals surface area contributed by atoms with Gasteiger partial charge in [-0.3, -0.25) is 0 Å². The molecular weight excluding hydrogens is 362 g/mol. The molecule has 0 aliphatic carbocycles. The van der Waals surface area contributed by atoms with Gasteiger partial charge in [-0.2, -0.15) is 0 Å². The smallest absolute Gasteiger partial charge is 0.123 e. The first kappa shape index (κ1) is 15.8. The van der Waals surface area contributed by atoms with Crippen LogP contribution in [0.25, 0.3) is 27.4 Å². The van der Waals surface area contributed by atoms with Crippen LogP contribution in [-0.2, 0) is 29.5 Å². The van der Waals surface area contributed by atoms with Crippen molar-refractivity contribution in [3.63, 3.8) is 0 Å². The van der Waals surface area contributed by atoms with Crippen LogP contribution in [0.4, 0.5) is 0 Å². The Morgan fingerprint density at radius 1 is 0.913 bits per heavy atom. The van der Waals surface area contributed by atoms with Gasteiger partial charge in [-0.25, -0.2) is 13.4 Å². The number of para-hydroxylation sites is 1. The van der Waals surface area contributed by atoms with Crippen LogP contribution in [0, 0.1) is 0 Å². The molecule has 0 bridgehead atoms. The number of rotatable bonds is 1. The first-order valence-electron chi connectivity index (χ1n) is 6.78. The number of hydrogen-bond acceptors (Lipinski definition) is 3. The van der Waals surface area contributed by atoms with Crippen molar-refractivity contribution in [1.82, 2.24) is 4.98 Å². The molecule has 0 atom stereocenters. The monoisotopic (exact) mass is 371 g/mol. The summed E-state index contributed by atoms with van der Waals surface area (Å²) in [6.07, 6.45) is 1.70. The molecular formula is C17H11N2O2SZn-. The normalized spacial score (nSPS) is 16.6. The second kappa shape index (κ2) is 5.87. The second-order valence-electron chi connectivity index (χ2n) is 5.02. The minimum absolute atomic E-state index is 0. The summed E-state index contributed by atoms with van der Waals surface area (Å²) < 4.78 is 27.9. The molecule has 110 valence electrons. The standard InChI is InChI=1S/C17H11N2O2S.Zn/c20-22(21)17-8-4-2-6-14(17)16(19-22)11-13-10-9-12-5-1-3-7-15(12)18-13;/h1-11H;/q-1;/b16-11-;. The third-order valence-corrected chi connectivity index (χ3v) is 4.91. The summed E-state index contributed by atoms with van der Waals surface area (Å²) in [6, 6.07) is 18.4. The molecule has 23 heavy (non-hydrogen) atoms. The summed E-state index contributed by atoms with van der Waals surface area (Å²) in [5.41, 5.74) is 2.60. The van der Waals surface area contributed by atoms with E-state index in [4.69, 9.17) is 0 Å². The second-order valence-corrected chi connectivity index (χ2v) is 6.59. The SMILES string of the molecule is O=S1(=O)[N-]/C(=C\c2ccc3ccccc3n2)c2ccccc21.[Zn]. The van der Waals surface area contributed by atoms with Gasteiger partial charge in [0.2, 0.25) is 0 Å². The van der Waals surface area contributed by atoms with Gasteiger partial charge in [0.1, 0.15) is 10.0 Å². The van der Waals surface area contributed by atoms with Gasteiger partial charge in [0.15, 0.2) is 0 Å². The van der Waals surface area contributed by atoms with E-state index < -0.39 is 10.0 Å². The van der Waals surface area contributed by atoms with Crippen LogP contribution in [-0.4, -0.2) is 13.4 Å². The van der Waals surface area contributed by atoms with Crippen molar-refractivity contribution in [3.8, 4) is 0 Å². The van der Waals surface area contributed by atoms with Crippen molar-refractivity contribution in [2.45, 2.75) is 4.90 Å². The van der Waals surface area contributed by atoms with Gasteiger partial charge in [0, 0.05) is 24.9 Å². The third-order valence-electron chi connectivity index (χ3n) is 3.56. The van der Waals surface area contributed by atoms with Gasteiger partial charge in [0.25, 0.3) is 0 Å². The number of aromatic nitrogens is 1. The molecule has 0 radical (unpaired) electrons. The van der Waals surface area contributed by atoms with E-state index in [1.807, 2.05) is 36.4 Å². The maximum Gasteiger partial charge on any atom is 0.123 e. The van der Waals surface area contributed by atoms with Gasteiger partial charge in [-0.05, 0) is 23.8 Å². The topological polar surface area (TPSA) is 61.1 Å². The van der Waals surface area contributed by atoms with Crippen LogP contribution in [0.2, 0.25) is 0 Å². The molecule has 0 fully saturated rings. The van der Waals surface area contributed by atoms with E-state index in [-0.39, 0.29) is 24.4 Å². The number of pyridine rings is 1. The fourth-order valence-electron chi connectivity index (χ4n) is 2.54. The van der Waals surface area contributed by atoms with E-state index in [0.29, 0.717) is 17.0 Å². The van der Waals surface area contributed by atoms with E-state index >= 15 is 0 Å². The Morgan fingerprint density at radius 3 is 2.52 bits per heavy atom. The summed E-state index contributed by atoms with van der Waals surface area (Å²) in [5.74, 6) is 0. The molecule has 0 amide bonds. The van der Waals surface area contributed by atoms with Crippen molar-refractivity contribution >= 4 is 32.7 Å². The number of nitrogens with zero attached hydrogens (tertiary/aromatic N) is 2. The van der Waals surface area contributed by atoms with Gasteiger partial charge in [-0.1, -0.05) is 48.5 Å². The van der Waals surface area contributed by atoms with Crippen molar-refractivity contribution < 1.29 is 27.9 Å².